The molecule has 25 heavy (non-hydrogen) atoms. The molecule has 1 saturated carbocycles. The lowest BCUT2D eigenvalue weighted by Gasteiger charge is -2.51. The Morgan fingerprint density at radius 3 is 1.32 bits per heavy atom. The van der Waals surface area contributed by atoms with Crippen molar-refractivity contribution in [2.75, 3.05) is 14.2 Å². The minimum atomic E-state index is -0.490. The summed E-state index contributed by atoms with van der Waals surface area (Å²) in [5.41, 5.74) is 6.09. The molecule has 4 bridgehead atoms. The molecule has 0 saturated heterocycles. The molecule has 5 aliphatic carbocycles. The zero-order chi connectivity index (χ0) is 16.8. The monoisotopic (exact) mass is 330 g/mol. The van der Waals surface area contributed by atoms with Gasteiger partial charge < -0.3 is 9.47 Å². The maximum Gasteiger partial charge on any atom is 0.180 e. The Hall–Kier alpha value is -1.90. The minimum Gasteiger partial charge on any atom is -0.352 e. The average Bonchev–Trinajstić information content (AvgIpc) is 3.19. The minimum absolute atomic E-state index is 0.326. The number of hydrogen-bond donors (Lipinski definition) is 0. The van der Waals surface area contributed by atoms with Gasteiger partial charge in [-0.2, -0.15) is 0 Å². The summed E-state index contributed by atoms with van der Waals surface area (Å²) in [6.07, 6.45) is 4.73. The quantitative estimate of drug-likeness (QED) is 0.603. The Kier molecular flexibility index (Phi) is 2.65. The van der Waals surface area contributed by atoms with E-state index in [0.717, 1.165) is 0 Å². The van der Waals surface area contributed by atoms with Crippen LogP contribution in [0.4, 0.5) is 0 Å². The number of benzene rings is 2. The highest BCUT2D eigenvalue weighted by Crippen LogP contribution is 2.71. The number of fused-ring (bicyclic) bond motifs is 2. The van der Waals surface area contributed by atoms with Gasteiger partial charge in [-0.3, -0.25) is 0 Å². The van der Waals surface area contributed by atoms with Gasteiger partial charge in [0.15, 0.2) is 5.79 Å². The summed E-state index contributed by atoms with van der Waals surface area (Å²) in [5.74, 6) is 2.18. The van der Waals surface area contributed by atoms with Crippen LogP contribution in [-0.4, -0.2) is 20.0 Å². The molecule has 1 fully saturated rings. The van der Waals surface area contributed by atoms with E-state index in [1.807, 2.05) is 14.2 Å². The van der Waals surface area contributed by atoms with Gasteiger partial charge in [-0.1, -0.05) is 60.7 Å². The summed E-state index contributed by atoms with van der Waals surface area (Å²) < 4.78 is 12.1. The fourth-order valence-electron chi connectivity index (χ4n) is 6.81. The van der Waals surface area contributed by atoms with Crippen LogP contribution in [0.1, 0.15) is 34.1 Å². The molecule has 4 atom stereocenters. The molecule has 2 nitrogen and oxygen atoms in total. The van der Waals surface area contributed by atoms with Crippen molar-refractivity contribution in [3.05, 3.63) is 82.9 Å². The average molecular weight is 330 g/mol. The van der Waals surface area contributed by atoms with Crippen LogP contribution in [0.3, 0.4) is 0 Å². The molecule has 2 aromatic rings. The number of ether oxygens (including phenoxy) is 2. The maximum atomic E-state index is 6.06. The van der Waals surface area contributed by atoms with E-state index < -0.39 is 5.79 Å². The Bertz CT molecular complexity index is 779. The first-order valence-corrected chi connectivity index (χ1v) is 9.28. The van der Waals surface area contributed by atoms with E-state index in [1.165, 1.54) is 22.3 Å². The molecule has 0 amide bonds. The van der Waals surface area contributed by atoms with E-state index >= 15 is 0 Å². The van der Waals surface area contributed by atoms with Crippen LogP contribution < -0.4 is 0 Å². The van der Waals surface area contributed by atoms with E-state index in [-0.39, 0.29) is 0 Å². The molecule has 0 radical (unpaired) electrons. The largest absolute Gasteiger partial charge is 0.352 e. The molecule has 0 N–H and O–H groups in total. The summed E-state index contributed by atoms with van der Waals surface area (Å²) in [5, 5.41) is 0. The van der Waals surface area contributed by atoms with E-state index in [9.17, 15) is 0 Å². The number of rotatable bonds is 2. The molecule has 126 valence electrons. The predicted octanol–water partition coefficient (Wildman–Crippen LogP) is 4.31. The van der Waals surface area contributed by atoms with Crippen LogP contribution in [0.15, 0.2) is 60.7 Å². The standard InChI is InChI=1S/C23H22O2/c1-24-23(25-2)17-11-12-18(23)22-20-14-8-4-3-7-13(14)19(21(17)22)15-9-5-6-10-16(15)20/h3-12,17-22H,1-2H3/t17-,18+,19?,20?,21-,22-/m0/s1. The molecule has 0 aliphatic heterocycles. The normalized spacial score (nSPS) is 37.7. The van der Waals surface area contributed by atoms with Gasteiger partial charge in [0.2, 0.25) is 0 Å². The Morgan fingerprint density at radius 2 is 1.00 bits per heavy atom. The highest BCUT2D eigenvalue weighted by molar-refractivity contribution is 5.58. The first-order chi connectivity index (χ1) is 12.3. The second-order valence-corrected chi connectivity index (χ2v) is 7.93. The molecular weight excluding hydrogens is 308 g/mol. The lowest BCUT2D eigenvalue weighted by molar-refractivity contribution is -0.234. The third-order valence-corrected chi connectivity index (χ3v) is 7.47. The fourth-order valence-corrected chi connectivity index (χ4v) is 6.81. The van der Waals surface area contributed by atoms with Crippen molar-refractivity contribution in [3.8, 4) is 0 Å². The van der Waals surface area contributed by atoms with Crippen LogP contribution >= 0.6 is 0 Å². The van der Waals surface area contributed by atoms with E-state index in [1.54, 1.807) is 0 Å². The highest BCUT2D eigenvalue weighted by Gasteiger charge is 2.69. The SMILES string of the molecule is COC1(OC)[C@@H]2C=C[C@H]1[C@H]1C3c4ccccc4C(c4ccccc43)[C@@H]12. The van der Waals surface area contributed by atoms with Crippen molar-refractivity contribution in [2.24, 2.45) is 23.7 Å². The second kappa shape index (κ2) is 4.63. The van der Waals surface area contributed by atoms with Crippen molar-refractivity contribution < 1.29 is 9.47 Å². The van der Waals surface area contributed by atoms with Crippen LogP contribution in [0, 0.1) is 23.7 Å². The lowest BCUT2D eigenvalue weighted by Crippen LogP contribution is -2.41. The first kappa shape index (κ1) is 14.3. The second-order valence-electron chi connectivity index (χ2n) is 7.93. The van der Waals surface area contributed by atoms with E-state index in [4.69, 9.17) is 9.47 Å². The van der Waals surface area contributed by atoms with Gasteiger partial charge in [0.1, 0.15) is 0 Å². The van der Waals surface area contributed by atoms with Crippen molar-refractivity contribution in [3.63, 3.8) is 0 Å². The molecule has 7 rings (SSSR count). The number of hydrogen-bond acceptors (Lipinski definition) is 2. The molecular formula is C23H22O2. The van der Waals surface area contributed by atoms with Crippen LogP contribution in [-0.2, 0) is 9.47 Å². The fraction of sp³-hybridized carbons (Fsp3) is 0.391. The van der Waals surface area contributed by atoms with Crippen LogP contribution in [0.25, 0.3) is 0 Å². The zero-order valence-electron chi connectivity index (χ0n) is 14.6. The third-order valence-electron chi connectivity index (χ3n) is 7.47. The molecule has 5 aliphatic rings. The van der Waals surface area contributed by atoms with Gasteiger partial charge in [0.25, 0.3) is 0 Å². The summed E-state index contributed by atoms with van der Waals surface area (Å²) in [4.78, 5) is 0. The van der Waals surface area contributed by atoms with Crippen LogP contribution in [0.2, 0.25) is 0 Å². The van der Waals surface area contributed by atoms with Crippen molar-refractivity contribution in [2.45, 2.75) is 17.6 Å². The first-order valence-electron chi connectivity index (χ1n) is 9.28. The Balaban J connectivity index is 1.64. The smallest absolute Gasteiger partial charge is 0.180 e. The van der Waals surface area contributed by atoms with E-state index in [0.29, 0.717) is 35.5 Å². The lowest BCUT2D eigenvalue weighted by atomic mass is 9.52. The summed E-state index contributed by atoms with van der Waals surface area (Å²) in [6.45, 7) is 0. The molecule has 2 aromatic carbocycles. The van der Waals surface area contributed by atoms with Gasteiger partial charge in [0.05, 0.1) is 0 Å². The maximum absolute atomic E-state index is 6.06. The van der Waals surface area contributed by atoms with Gasteiger partial charge in [-0.15, -0.1) is 0 Å². The summed E-state index contributed by atoms with van der Waals surface area (Å²) >= 11 is 0. The van der Waals surface area contributed by atoms with Gasteiger partial charge >= 0.3 is 0 Å². The zero-order valence-corrected chi connectivity index (χ0v) is 14.6. The molecule has 0 unspecified atom stereocenters. The van der Waals surface area contributed by atoms with Gasteiger partial charge in [0, 0.05) is 37.9 Å². The van der Waals surface area contributed by atoms with Gasteiger partial charge in [-0.25, -0.2) is 0 Å². The molecule has 2 heteroatoms. The van der Waals surface area contributed by atoms with E-state index in [2.05, 4.69) is 60.7 Å². The topological polar surface area (TPSA) is 18.5 Å². The summed E-state index contributed by atoms with van der Waals surface area (Å²) in [7, 11) is 3.63. The van der Waals surface area contributed by atoms with Crippen molar-refractivity contribution >= 4 is 0 Å². The Morgan fingerprint density at radius 1 is 0.640 bits per heavy atom. The van der Waals surface area contributed by atoms with Crippen molar-refractivity contribution in [1.82, 2.24) is 0 Å². The third kappa shape index (κ3) is 1.43. The Labute approximate surface area is 148 Å². The molecule has 0 spiro atoms. The molecule has 0 aromatic heterocycles. The number of methoxy groups -OCH3 is 2. The predicted molar refractivity (Wildman–Crippen MR) is 96.4 cm³/mol. The summed E-state index contributed by atoms with van der Waals surface area (Å²) in [6, 6.07) is 18.2. The van der Waals surface area contributed by atoms with Crippen LogP contribution in [0.5, 0.6) is 0 Å². The van der Waals surface area contributed by atoms with Gasteiger partial charge in [-0.05, 0) is 34.1 Å². The highest BCUT2D eigenvalue weighted by atomic mass is 16.7. The molecule has 0 heterocycles. The van der Waals surface area contributed by atoms with Crippen molar-refractivity contribution in [1.29, 1.82) is 0 Å².